The second-order valence-electron chi connectivity index (χ2n) is 6.67. The van der Waals surface area contributed by atoms with Gasteiger partial charge in [0, 0.05) is 34.4 Å². The van der Waals surface area contributed by atoms with Crippen molar-refractivity contribution in [3.05, 3.63) is 45.1 Å². The molecule has 116 valence electrons. The second-order valence-corrected chi connectivity index (χ2v) is 7.52. The van der Waals surface area contributed by atoms with Gasteiger partial charge in [0.2, 0.25) is 0 Å². The van der Waals surface area contributed by atoms with Gasteiger partial charge in [-0.1, -0.05) is 43.1 Å². The largest absolute Gasteiger partial charge is 0.431 e. The van der Waals surface area contributed by atoms with E-state index < -0.39 is 0 Å². The molecule has 3 nitrogen and oxygen atoms in total. The number of ketones is 1. The van der Waals surface area contributed by atoms with E-state index in [2.05, 4.69) is 0 Å². The number of carbonyl (C=O) groups is 2. The fourth-order valence-electron chi connectivity index (χ4n) is 3.25. The van der Waals surface area contributed by atoms with Crippen molar-refractivity contribution in [3.8, 4) is 0 Å². The molecule has 5 heteroatoms. The van der Waals surface area contributed by atoms with Crippen molar-refractivity contribution in [1.82, 2.24) is 0 Å². The summed E-state index contributed by atoms with van der Waals surface area (Å²) in [6.07, 6.45) is 1.17. The van der Waals surface area contributed by atoms with E-state index >= 15 is 0 Å². The van der Waals surface area contributed by atoms with Gasteiger partial charge in [-0.2, -0.15) is 0 Å². The summed E-state index contributed by atoms with van der Waals surface area (Å²) < 4.78 is 5.36. The standard InChI is InChI=1S/C17H16Cl2O3/c1-17(2)7-13(20)16-11(6-15(21)22-14(16)8-17)10-4-3-9(18)5-12(10)19/h3-5,11H,6-8H2,1-2H3/t11-/m0/s1. The third-order valence-electron chi connectivity index (χ3n) is 4.17. The van der Waals surface area contributed by atoms with Gasteiger partial charge < -0.3 is 4.74 Å². The minimum absolute atomic E-state index is 0.0368. The number of benzene rings is 1. The number of Topliss-reactive ketones (excluding diaryl/α,β-unsaturated/α-hetero) is 1. The molecule has 3 rings (SSSR count). The molecule has 0 amide bonds. The number of hydrogen-bond donors (Lipinski definition) is 0. The number of rotatable bonds is 1. The maximum Gasteiger partial charge on any atom is 0.311 e. The highest BCUT2D eigenvalue weighted by molar-refractivity contribution is 6.35. The lowest BCUT2D eigenvalue weighted by Crippen LogP contribution is -2.34. The van der Waals surface area contributed by atoms with Crippen molar-refractivity contribution >= 4 is 35.0 Å². The van der Waals surface area contributed by atoms with Crippen LogP contribution in [-0.4, -0.2) is 11.8 Å². The molecule has 0 saturated heterocycles. The predicted molar refractivity (Wildman–Crippen MR) is 85.0 cm³/mol. The quantitative estimate of drug-likeness (QED) is 0.699. The van der Waals surface area contributed by atoms with E-state index in [4.69, 9.17) is 27.9 Å². The molecule has 1 aromatic rings. The zero-order valence-electron chi connectivity index (χ0n) is 12.4. The summed E-state index contributed by atoms with van der Waals surface area (Å²) in [7, 11) is 0. The van der Waals surface area contributed by atoms with E-state index in [9.17, 15) is 9.59 Å². The van der Waals surface area contributed by atoms with Crippen LogP contribution in [0.2, 0.25) is 10.0 Å². The van der Waals surface area contributed by atoms with Crippen molar-refractivity contribution in [3.63, 3.8) is 0 Å². The zero-order valence-corrected chi connectivity index (χ0v) is 13.9. The van der Waals surface area contributed by atoms with Gasteiger partial charge in [0.15, 0.2) is 5.78 Å². The van der Waals surface area contributed by atoms with Gasteiger partial charge in [0.25, 0.3) is 0 Å². The lowest BCUT2D eigenvalue weighted by molar-refractivity contribution is -0.142. The lowest BCUT2D eigenvalue weighted by atomic mass is 9.71. The minimum atomic E-state index is -0.343. The van der Waals surface area contributed by atoms with E-state index in [1.54, 1.807) is 18.2 Å². The predicted octanol–water partition coefficient (Wildman–Crippen LogP) is 4.67. The van der Waals surface area contributed by atoms with Crippen molar-refractivity contribution in [1.29, 1.82) is 0 Å². The van der Waals surface area contributed by atoms with E-state index in [1.807, 2.05) is 13.8 Å². The Morgan fingerprint density at radius 1 is 1.18 bits per heavy atom. The Bertz CT molecular complexity index is 704. The molecule has 0 N–H and O–H groups in total. The van der Waals surface area contributed by atoms with E-state index in [-0.39, 0.29) is 29.5 Å². The number of halogens is 2. The molecule has 1 heterocycles. The summed E-state index contributed by atoms with van der Waals surface area (Å²) in [5.41, 5.74) is 1.16. The molecule has 2 aliphatic rings. The number of hydrogen-bond acceptors (Lipinski definition) is 3. The number of ether oxygens (including phenoxy) is 1. The third kappa shape index (κ3) is 2.80. The topological polar surface area (TPSA) is 43.4 Å². The van der Waals surface area contributed by atoms with Crippen LogP contribution >= 0.6 is 23.2 Å². The van der Waals surface area contributed by atoms with E-state index in [0.717, 1.165) is 5.56 Å². The smallest absolute Gasteiger partial charge is 0.311 e. The first kappa shape index (κ1) is 15.6. The first-order valence-corrected chi connectivity index (χ1v) is 7.94. The van der Waals surface area contributed by atoms with Gasteiger partial charge in [0.1, 0.15) is 5.76 Å². The van der Waals surface area contributed by atoms with E-state index in [0.29, 0.717) is 34.2 Å². The van der Waals surface area contributed by atoms with Crippen LogP contribution in [0.5, 0.6) is 0 Å². The van der Waals surface area contributed by atoms with Gasteiger partial charge in [0.05, 0.1) is 6.42 Å². The fraction of sp³-hybridized carbons (Fsp3) is 0.412. The Kier molecular flexibility index (Phi) is 3.82. The number of carbonyl (C=O) groups excluding carboxylic acids is 2. The average molecular weight is 339 g/mol. The van der Waals surface area contributed by atoms with Crippen LogP contribution in [0.25, 0.3) is 0 Å². The monoisotopic (exact) mass is 338 g/mol. The first-order chi connectivity index (χ1) is 10.3. The summed E-state index contributed by atoms with van der Waals surface area (Å²) in [5, 5.41) is 0.995. The third-order valence-corrected chi connectivity index (χ3v) is 4.74. The van der Waals surface area contributed by atoms with Crippen LogP contribution in [0.1, 0.15) is 44.6 Å². The molecule has 0 radical (unpaired) electrons. The van der Waals surface area contributed by atoms with Crippen molar-refractivity contribution in [2.24, 2.45) is 5.41 Å². The maximum absolute atomic E-state index is 12.6. The van der Waals surface area contributed by atoms with Gasteiger partial charge in [-0.25, -0.2) is 0 Å². The van der Waals surface area contributed by atoms with Crippen LogP contribution in [-0.2, 0) is 14.3 Å². The lowest BCUT2D eigenvalue weighted by Gasteiger charge is -2.36. The molecule has 0 aromatic heterocycles. The Labute approximate surface area is 139 Å². The highest BCUT2D eigenvalue weighted by atomic mass is 35.5. The SMILES string of the molecule is CC1(C)CC(=O)C2=C(C1)OC(=O)C[C@H]2c1ccc(Cl)cc1Cl. The molecule has 0 fully saturated rings. The summed E-state index contributed by atoms with van der Waals surface area (Å²) in [6.45, 7) is 4.00. The van der Waals surface area contributed by atoms with Gasteiger partial charge in [-0.05, 0) is 23.1 Å². The molecular formula is C17H16Cl2O3. The van der Waals surface area contributed by atoms with Crippen LogP contribution in [0.4, 0.5) is 0 Å². The fourth-order valence-corrected chi connectivity index (χ4v) is 3.80. The second kappa shape index (κ2) is 5.39. The zero-order chi connectivity index (χ0) is 16.1. The molecule has 1 aromatic carbocycles. The highest BCUT2D eigenvalue weighted by Crippen LogP contribution is 2.47. The summed E-state index contributed by atoms with van der Waals surface area (Å²) in [6, 6.07) is 5.14. The summed E-state index contributed by atoms with van der Waals surface area (Å²) >= 11 is 12.2. The molecule has 0 saturated carbocycles. The van der Waals surface area contributed by atoms with Gasteiger partial charge in [-0.15, -0.1) is 0 Å². The van der Waals surface area contributed by atoms with Crippen LogP contribution in [0, 0.1) is 5.41 Å². The maximum atomic E-state index is 12.6. The Balaban J connectivity index is 2.11. The molecule has 1 aliphatic carbocycles. The molecule has 0 spiro atoms. The van der Waals surface area contributed by atoms with Gasteiger partial charge in [-0.3, -0.25) is 9.59 Å². The van der Waals surface area contributed by atoms with Crippen molar-refractivity contribution < 1.29 is 14.3 Å². The molecule has 0 bridgehead atoms. The first-order valence-electron chi connectivity index (χ1n) is 7.19. The number of esters is 1. The van der Waals surface area contributed by atoms with Gasteiger partial charge >= 0.3 is 5.97 Å². The summed E-state index contributed by atoms with van der Waals surface area (Å²) in [4.78, 5) is 24.6. The Hall–Kier alpha value is -1.32. The van der Waals surface area contributed by atoms with Crippen molar-refractivity contribution in [2.45, 2.75) is 39.0 Å². The minimum Gasteiger partial charge on any atom is -0.431 e. The van der Waals surface area contributed by atoms with E-state index in [1.165, 1.54) is 0 Å². The average Bonchev–Trinajstić information content (AvgIpc) is 2.35. The molecule has 1 aliphatic heterocycles. The highest BCUT2D eigenvalue weighted by Gasteiger charge is 2.42. The normalized spacial score (nSPS) is 24.1. The van der Waals surface area contributed by atoms with Crippen molar-refractivity contribution in [2.75, 3.05) is 0 Å². The summed E-state index contributed by atoms with van der Waals surface area (Å²) in [5.74, 6) is -0.117. The molecule has 22 heavy (non-hydrogen) atoms. The van der Waals surface area contributed by atoms with Crippen LogP contribution < -0.4 is 0 Å². The Morgan fingerprint density at radius 2 is 1.91 bits per heavy atom. The Morgan fingerprint density at radius 3 is 2.59 bits per heavy atom. The van der Waals surface area contributed by atoms with Crippen LogP contribution in [0.15, 0.2) is 29.5 Å². The molecule has 1 atom stereocenters. The van der Waals surface area contributed by atoms with Crippen LogP contribution in [0.3, 0.4) is 0 Å². The molecule has 0 unspecified atom stereocenters. The molecular weight excluding hydrogens is 323 g/mol. The number of allylic oxidation sites excluding steroid dienone is 2.